The lowest BCUT2D eigenvalue weighted by atomic mass is 9.80. The Balaban J connectivity index is 3.95. The Morgan fingerprint density at radius 2 is 1.83 bits per heavy atom. The smallest absolute Gasteiger partial charge is 0.0211 e. The van der Waals surface area contributed by atoms with Crippen LogP contribution in [-0.4, -0.2) is 0 Å². The minimum atomic E-state index is 0.714. The summed E-state index contributed by atoms with van der Waals surface area (Å²) in [5.41, 5.74) is 0. The van der Waals surface area contributed by atoms with Crippen LogP contribution in [0.15, 0.2) is 12.7 Å². The molecule has 0 heteroatoms. The Kier molecular flexibility index (Phi) is 6.14. The molecule has 0 fully saturated rings. The van der Waals surface area contributed by atoms with E-state index in [1.54, 1.807) is 0 Å². The van der Waals surface area contributed by atoms with Gasteiger partial charge < -0.3 is 0 Å². The lowest BCUT2D eigenvalue weighted by Gasteiger charge is -2.25. The molecule has 0 nitrogen and oxygen atoms in total. The van der Waals surface area contributed by atoms with E-state index in [1.807, 2.05) is 0 Å². The molecule has 0 aromatic carbocycles. The van der Waals surface area contributed by atoms with Crippen LogP contribution in [0.25, 0.3) is 0 Å². The van der Waals surface area contributed by atoms with Gasteiger partial charge in [-0.1, -0.05) is 46.6 Å². The van der Waals surface area contributed by atoms with Crippen molar-refractivity contribution in [2.24, 2.45) is 17.8 Å². The highest BCUT2D eigenvalue weighted by atomic mass is 14.2. The first-order valence-electron chi connectivity index (χ1n) is 5.29. The highest BCUT2D eigenvalue weighted by Gasteiger charge is 2.17. The van der Waals surface area contributed by atoms with Crippen molar-refractivity contribution in [1.29, 1.82) is 0 Å². The van der Waals surface area contributed by atoms with E-state index < -0.39 is 0 Å². The maximum Gasteiger partial charge on any atom is -0.0211 e. The normalized spacial score (nSPS) is 18.3. The molecule has 0 bridgehead atoms. The summed E-state index contributed by atoms with van der Waals surface area (Å²) < 4.78 is 0. The molecular formula is C12H24. The summed E-state index contributed by atoms with van der Waals surface area (Å²) in [7, 11) is 0. The highest BCUT2D eigenvalue weighted by molar-refractivity contribution is 4.83. The zero-order valence-electron chi connectivity index (χ0n) is 9.14. The first-order chi connectivity index (χ1) is 5.67. The van der Waals surface area contributed by atoms with Crippen LogP contribution in [0.4, 0.5) is 0 Å². The second kappa shape index (κ2) is 6.28. The fraction of sp³-hybridized carbons (Fsp3) is 0.833. The molecule has 0 aliphatic carbocycles. The molecule has 0 aromatic heterocycles. The summed E-state index contributed by atoms with van der Waals surface area (Å²) in [6.07, 6.45) is 6.01. The fourth-order valence-electron chi connectivity index (χ4n) is 1.89. The third kappa shape index (κ3) is 3.42. The van der Waals surface area contributed by atoms with Gasteiger partial charge in [-0.25, -0.2) is 0 Å². The molecule has 0 amide bonds. The molecule has 0 aromatic rings. The van der Waals surface area contributed by atoms with Crippen LogP contribution in [-0.2, 0) is 0 Å². The Morgan fingerprint density at radius 1 is 1.25 bits per heavy atom. The molecule has 12 heavy (non-hydrogen) atoms. The predicted molar refractivity (Wildman–Crippen MR) is 57.2 cm³/mol. The van der Waals surface area contributed by atoms with Crippen LogP contribution in [0.1, 0.15) is 47.0 Å². The fourth-order valence-corrected chi connectivity index (χ4v) is 1.89. The second-order valence-corrected chi connectivity index (χ2v) is 3.93. The predicted octanol–water partition coefficient (Wildman–Crippen LogP) is 4.27. The quantitative estimate of drug-likeness (QED) is 0.519. The molecule has 0 rings (SSSR count). The van der Waals surface area contributed by atoms with E-state index in [-0.39, 0.29) is 0 Å². The summed E-state index contributed by atoms with van der Waals surface area (Å²) in [6, 6.07) is 0. The second-order valence-electron chi connectivity index (χ2n) is 3.93. The molecule has 3 unspecified atom stereocenters. The summed E-state index contributed by atoms with van der Waals surface area (Å²) >= 11 is 0. The largest absolute Gasteiger partial charge is 0.103 e. The first kappa shape index (κ1) is 11.7. The zero-order valence-corrected chi connectivity index (χ0v) is 9.14. The average molecular weight is 168 g/mol. The van der Waals surface area contributed by atoms with Gasteiger partial charge in [0.1, 0.15) is 0 Å². The van der Waals surface area contributed by atoms with Crippen molar-refractivity contribution in [2.75, 3.05) is 0 Å². The molecule has 0 saturated carbocycles. The molecule has 0 aliphatic heterocycles. The van der Waals surface area contributed by atoms with Crippen LogP contribution in [0.3, 0.4) is 0 Å². The maximum absolute atomic E-state index is 3.90. The minimum Gasteiger partial charge on any atom is -0.103 e. The molecule has 0 spiro atoms. The van der Waals surface area contributed by atoms with Crippen LogP contribution >= 0.6 is 0 Å². The number of rotatable bonds is 6. The van der Waals surface area contributed by atoms with Crippen LogP contribution in [0, 0.1) is 17.8 Å². The summed E-state index contributed by atoms with van der Waals surface area (Å²) in [4.78, 5) is 0. The van der Waals surface area contributed by atoms with Crippen molar-refractivity contribution in [2.45, 2.75) is 47.0 Å². The molecule has 0 radical (unpaired) electrons. The SMILES string of the molecule is C=CC(CC)C(C)C(C)CCC. The van der Waals surface area contributed by atoms with Gasteiger partial charge >= 0.3 is 0 Å². The third-order valence-corrected chi connectivity index (χ3v) is 3.09. The van der Waals surface area contributed by atoms with E-state index >= 15 is 0 Å². The molecule has 0 heterocycles. The number of hydrogen-bond acceptors (Lipinski definition) is 0. The maximum atomic E-state index is 3.90. The van der Waals surface area contributed by atoms with Gasteiger partial charge in [0.15, 0.2) is 0 Å². The minimum absolute atomic E-state index is 0.714. The Labute approximate surface area is 78.1 Å². The lowest BCUT2D eigenvalue weighted by molar-refractivity contribution is 0.282. The monoisotopic (exact) mass is 168 g/mol. The molecular weight excluding hydrogens is 144 g/mol. The van der Waals surface area contributed by atoms with Crippen molar-refractivity contribution in [3.8, 4) is 0 Å². The standard InChI is InChI=1S/C12H24/c1-6-9-10(4)11(5)12(7-2)8-3/h7,10-12H,2,6,8-9H2,1,3-5H3. The Bertz CT molecular complexity index is 115. The molecule has 3 atom stereocenters. The van der Waals surface area contributed by atoms with Gasteiger partial charge in [-0.3, -0.25) is 0 Å². The molecule has 0 aliphatic rings. The van der Waals surface area contributed by atoms with Crippen LogP contribution in [0.5, 0.6) is 0 Å². The summed E-state index contributed by atoms with van der Waals surface area (Å²) in [5, 5.41) is 0. The van der Waals surface area contributed by atoms with Crippen molar-refractivity contribution in [1.82, 2.24) is 0 Å². The van der Waals surface area contributed by atoms with Gasteiger partial charge in [0.25, 0.3) is 0 Å². The van der Waals surface area contributed by atoms with E-state index in [9.17, 15) is 0 Å². The Morgan fingerprint density at radius 3 is 2.17 bits per heavy atom. The average Bonchev–Trinajstić information content (AvgIpc) is 2.07. The lowest BCUT2D eigenvalue weighted by Crippen LogP contribution is -2.16. The van der Waals surface area contributed by atoms with E-state index in [1.165, 1.54) is 19.3 Å². The molecule has 0 saturated heterocycles. The van der Waals surface area contributed by atoms with E-state index in [0.717, 1.165) is 11.8 Å². The summed E-state index contributed by atoms with van der Waals surface area (Å²) in [6.45, 7) is 13.1. The molecule has 72 valence electrons. The van der Waals surface area contributed by atoms with Crippen molar-refractivity contribution in [3.05, 3.63) is 12.7 Å². The first-order valence-corrected chi connectivity index (χ1v) is 5.29. The van der Waals surface area contributed by atoms with E-state index in [4.69, 9.17) is 0 Å². The third-order valence-electron chi connectivity index (χ3n) is 3.09. The van der Waals surface area contributed by atoms with E-state index in [2.05, 4.69) is 40.3 Å². The van der Waals surface area contributed by atoms with E-state index in [0.29, 0.717) is 5.92 Å². The van der Waals surface area contributed by atoms with Crippen molar-refractivity contribution >= 4 is 0 Å². The zero-order chi connectivity index (χ0) is 9.56. The van der Waals surface area contributed by atoms with Crippen LogP contribution in [0.2, 0.25) is 0 Å². The number of hydrogen-bond donors (Lipinski definition) is 0. The van der Waals surface area contributed by atoms with Gasteiger partial charge in [0.2, 0.25) is 0 Å². The highest BCUT2D eigenvalue weighted by Crippen LogP contribution is 2.27. The van der Waals surface area contributed by atoms with Gasteiger partial charge in [0, 0.05) is 0 Å². The Hall–Kier alpha value is -0.260. The van der Waals surface area contributed by atoms with Gasteiger partial charge in [-0.05, 0) is 24.2 Å². The van der Waals surface area contributed by atoms with Crippen molar-refractivity contribution < 1.29 is 0 Å². The summed E-state index contributed by atoms with van der Waals surface area (Å²) in [5.74, 6) is 2.36. The van der Waals surface area contributed by atoms with Gasteiger partial charge in [0.05, 0.1) is 0 Å². The van der Waals surface area contributed by atoms with Crippen molar-refractivity contribution in [3.63, 3.8) is 0 Å². The van der Waals surface area contributed by atoms with Gasteiger partial charge in [-0.2, -0.15) is 0 Å². The van der Waals surface area contributed by atoms with Gasteiger partial charge in [-0.15, -0.1) is 6.58 Å². The number of allylic oxidation sites excluding steroid dienone is 1. The molecule has 0 N–H and O–H groups in total. The topological polar surface area (TPSA) is 0 Å². The van der Waals surface area contributed by atoms with Crippen LogP contribution < -0.4 is 0 Å².